The first-order chi connectivity index (χ1) is 19.8. The summed E-state index contributed by atoms with van der Waals surface area (Å²) >= 11 is 0. The Hall–Kier alpha value is -2.34. The van der Waals surface area contributed by atoms with Crippen LogP contribution >= 0.6 is 12.4 Å². The number of aryl methyl sites for hydroxylation is 1. The van der Waals surface area contributed by atoms with Crippen LogP contribution in [0.4, 0.5) is 0 Å². The summed E-state index contributed by atoms with van der Waals surface area (Å²) in [5, 5.41) is 0. The number of unbranched alkanes of at least 4 members (excludes halogenated alkanes) is 2. The molecule has 5 rings (SSSR count). The van der Waals surface area contributed by atoms with E-state index in [0.717, 1.165) is 69.7 Å². The second kappa shape index (κ2) is 14.9. The molecule has 0 aromatic heterocycles. The lowest BCUT2D eigenvalue weighted by atomic mass is 9.81. The van der Waals surface area contributed by atoms with Crippen molar-refractivity contribution in [3.05, 3.63) is 64.7 Å². The molecule has 0 saturated carbocycles. The van der Waals surface area contributed by atoms with Gasteiger partial charge in [-0.25, -0.2) is 0 Å². The number of piperidine rings is 1. The van der Waals surface area contributed by atoms with E-state index in [1.807, 2.05) is 0 Å². The third-order valence-corrected chi connectivity index (χ3v) is 9.25. The van der Waals surface area contributed by atoms with E-state index < -0.39 is 0 Å². The first-order valence-electron chi connectivity index (χ1n) is 16.1. The molecule has 0 aliphatic carbocycles. The number of fused-ring (bicyclic) bond motifs is 2. The molecular weight excluding hydrogens is 544 g/mol. The zero-order valence-corrected chi connectivity index (χ0v) is 27.1. The number of esters is 1. The molecule has 3 aliphatic rings. The number of carbonyl (C=O) groups excluding carboxylic acids is 1. The predicted molar refractivity (Wildman–Crippen MR) is 175 cm³/mol. The molecule has 0 bridgehead atoms. The first-order valence-corrected chi connectivity index (χ1v) is 16.1. The number of nitrogens with zero attached hydrogens (tertiary/aromatic N) is 2. The van der Waals surface area contributed by atoms with Crippen LogP contribution in [-0.4, -0.2) is 53.6 Å². The van der Waals surface area contributed by atoms with Gasteiger partial charge in [-0.3, -0.25) is 9.69 Å². The van der Waals surface area contributed by atoms with Crippen molar-refractivity contribution in [1.82, 2.24) is 9.80 Å². The Morgan fingerprint density at radius 3 is 2.62 bits per heavy atom. The lowest BCUT2D eigenvalue weighted by Crippen LogP contribution is -2.42. The fourth-order valence-electron chi connectivity index (χ4n) is 6.94. The van der Waals surface area contributed by atoms with Gasteiger partial charge in [-0.05, 0) is 107 Å². The van der Waals surface area contributed by atoms with Crippen LogP contribution in [0, 0.1) is 0 Å². The highest BCUT2D eigenvalue weighted by Crippen LogP contribution is 2.49. The van der Waals surface area contributed by atoms with Gasteiger partial charge in [0, 0.05) is 32.1 Å². The van der Waals surface area contributed by atoms with Gasteiger partial charge in [0.2, 0.25) is 0 Å². The van der Waals surface area contributed by atoms with E-state index in [1.165, 1.54) is 54.4 Å². The topological polar surface area (TPSA) is 42.0 Å². The van der Waals surface area contributed by atoms with Crippen molar-refractivity contribution >= 4 is 23.9 Å². The van der Waals surface area contributed by atoms with Crippen LogP contribution in [0.1, 0.15) is 102 Å². The first kappa shape index (κ1) is 32.6. The van der Waals surface area contributed by atoms with Crippen LogP contribution in [-0.2, 0) is 17.8 Å². The van der Waals surface area contributed by atoms with Crippen molar-refractivity contribution in [2.75, 3.05) is 26.2 Å². The van der Waals surface area contributed by atoms with E-state index in [2.05, 4.69) is 80.0 Å². The molecular formula is C36H51ClN2O3. The zero-order chi connectivity index (χ0) is 28.8. The Morgan fingerprint density at radius 2 is 1.86 bits per heavy atom. The number of ether oxygens (including phenoxy) is 2. The van der Waals surface area contributed by atoms with E-state index in [0.29, 0.717) is 18.2 Å². The molecule has 0 spiro atoms. The van der Waals surface area contributed by atoms with Crippen molar-refractivity contribution in [3.63, 3.8) is 0 Å². The van der Waals surface area contributed by atoms with Gasteiger partial charge >= 0.3 is 5.97 Å². The standard InChI is InChI=1S/C36H50N2O3.ClH/c1-5-6-8-17-29-23-32(40-34(39)18-13-21-38-20-12-11-14-27(38)2)35-30-26-37(25-28-15-9-7-10-16-28)22-19-31(30)36(3,4)41-33(35)24-29;/h7,9-10,15-16,23-24,27H,5-6,8,11-14,17-22,25-26H2,1-4H3;1H. The second-order valence-corrected chi connectivity index (χ2v) is 12.9. The molecule has 6 heteroatoms. The van der Waals surface area contributed by atoms with Crippen LogP contribution in [0.2, 0.25) is 0 Å². The average molecular weight is 595 g/mol. The summed E-state index contributed by atoms with van der Waals surface area (Å²) in [4.78, 5) is 18.3. The van der Waals surface area contributed by atoms with Crippen molar-refractivity contribution in [1.29, 1.82) is 0 Å². The number of benzene rings is 2. The minimum Gasteiger partial charge on any atom is -0.483 e. The molecule has 230 valence electrons. The summed E-state index contributed by atoms with van der Waals surface area (Å²) in [6, 6.07) is 15.6. The molecule has 3 aliphatic heterocycles. The van der Waals surface area contributed by atoms with Crippen LogP contribution in [0.25, 0.3) is 5.57 Å². The van der Waals surface area contributed by atoms with Crippen LogP contribution < -0.4 is 9.47 Å². The summed E-state index contributed by atoms with van der Waals surface area (Å²) in [6.07, 6.45) is 10.5. The zero-order valence-electron chi connectivity index (χ0n) is 26.3. The smallest absolute Gasteiger partial charge is 0.311 e. The maximum absolute atomic E-state index is 13.3. The van der Waals surface area contributed by atoms with Gasteiger partial charge in [0.05, 0.1) is 5.56 Å². The van der Waals surface area contributed by atoms with E-state index in [1.54, 1.807) is 0 Å². The Bertz CT molecular complexity index is 1230. The molecule has 3 heterocycles. The number of hydrogen-bond acceptors (Lipinski definition) is 5. The molecule has 0 amide bonds. The molecule has 0 N–H and O–H groups in total. The molecule has 0 radical (unpaired) electrons. The highest BCUT2D eigenvalue weighted by Gasteiger charge is 2.39. The number of likely N-dealkylation sites (tertiary alicyclic amines) is 1. The predicted octanol–water partition coefficient (Wildman–Crippen LogP) is 8.23. The van der Waals surface area contributed by atoms with Gasteiger partial charge in [-0.2, -0.15) is 0 Å². The molecule has 5 nitrogen and oxygen atoms in total. The fraction of sp³-hybridized carbons (Fsp3) is 0.583. The quantitative estimate of drug-likeness (QED) is 0.149. The molecule has 2 aromatic carbocycles. The van der Waals surface area contributed by atoms with Gasteiger partial charge < -0.3 is 14.4 Å². The van der Waals surface area contributed by atoms with Crippen molar-refractivity contribution < 1.29 is 14.3 Å². The molecule has 1 unspecified atom stereocenters. The van der Waals surface area contributed by atoms with Crippen molar-refractivity contribution in [3.8, 4) is 11.5 Å². The largest absolute Gasteiger partial charge is 0.483 e. The third-order valence-electron chi connectivity index (χ3n) is 9.25. The molecule has 42 heavy (non-hydrogen) atoms. The Kier molecular flexibility index (Phi) is 11.6. The molecule has 2 aromatic rings. The van der Waals surface area contributed by atoms with Gasteiger partial charge in [-0.1, -0.05) is 56.5 Å². The maximum Gasteiger partial charge on any atom is 0.311 e. The monoisotopic (exact) mass is 594 g/mol. The van der Waals surface area contributed by atoms with Crippen molar-refractivity contribution in [2.45, 2.75) is 110 Å². The lowest BCUT2D eigenvalue weighted by Gasteiger charge is -2.42. The van der Waals surface area contributed by atoms with Crippen LogP contribution in [0.3, 0.4) is 0 Å². The highest BCUT2D eigenvalue weighted by molar-refractivity contribution is 5.85. The van der Waals surface area contributed by atoms with E-state index >= 15 is 0 Å². The van der Waals surface area contributed by atoms with Gasteiger partial charge in [0.15, 0.2) is 0 Å². The summed E-state index contributed by atoms with van der Waals surface area (Å²) in [5.74, 6) is 1.43. The minimum atomic E-state index is -0.379. The number of rotatable bonds is 11. The minimum absolute atomic E-state index is 0. The maximum atomic E-state index is 13.3. The molecule has 1 atom stereocenters. The lowest BCUT2D eigenvalue weighted by molar-refractivity contribution is -0.134. The van der Waals surface area contributed by atoms with Crippen LogP contribution in [0.5, 0.6) is 11.5 Å². The van der Waals surface area contributed by atoms with Gasteiger partial charge in [0.25, 0.3) is 0 Å². The summed E-state index contributed by atoms with van der Waals surface area (Å²) in [6.45, 7) is 13.8. The van der Waals surface area contributed by atoms with Gasteiger partial charge in [0.1, 0.15) is 17.1 Å². The van der Waals surface area contributed by atoms with E-state index in [-0.39, 0.29) is 24.0 Å². The van der Waals surface area contributed by atoms with Crippen molar-refractivity contribution in [2.24, 2.45) is 0 Å². The normalized spacial score (nSPS) is 20.2. The average Bonchev–Trinajstić information content (AvgIpc) is 2.94. The van der Waals surface area contributed by atoms with Crippen LogP contribution in [0.15, 0.2) is 48.0 Å². The number of carbonyl (C=O) groups is 1. The summed E-state index contributed by atoms with van der Waals surface area (Å²) in [7, 11) is 0. The van der Waals surface area contributed by atoms with Gasteiger partial charge in [-0.15, -0.1) is 12.4 Å². The third kappa shape index (κ3) is 7.98. The van der Waals surface area contributed by atoms with E-state index in [9.17, 15) is 4.79 Å². The Morgan fingerprint density at radius 1 is 1.05 bits per heavy atom. The summed E-state index contributed by atoms with van der Waals surface area (Å²) < 4.78 is 13.0. The number of halogens is 1. The molecule has 1 saturated heterocycles. The second-order valence-electron chi connectivity index (χ2n) is 12.9. The fourth-order valence-corrected chi connectivity index (χ4v) is 6.94. The number of hydrogen-bond donors (Lipinski definition) is 0. The Balaban J connectivity index is 0.00000405. The van der Waals surface area contributed by atoms with E-state index in [4.69, 9.17) is 9.47 Å². The SMILES string of the molecule is CCCCCc1cc(OC(=O)CCCN2CCCCC2C)c2c(c1)OC(C)(C)C1=C2CN(Cc2ccccc2)CC1.Cl. The summed E-state index contributed by atoms with van der Waals surface area (Å²) in [5.41, 5.74) is 5.75. The molecule has 1 fully saturated rings. The Labute approximate surface area is 260 Å². The highest BCUT2D eigenvalue weighted by atomic mass is 35.5.